The summed E-state index contributed by atoms with van der Waals surface area (Å²) in [6, 6.07) is 12.8. The Balaban J connectivity index is 2.02. The van der Waals surface area contributed by atoms with Crippen molar-refractivity contribution in [2.24, 2.45) is 0 Å². The zero-order valence-corrected chi connectivity index (χ0v) is 20.9. The summed E-state index contributed by atoms with van der Waals surface area (Å²) in [5, 5.41) is 0. The molecule has 0 heterocycles. The number of nitrogen functional groups attached to an aromatic ring is 1. The first-order valence-electron chi connectivity index (χ1n) is 10.4. The number of hydrogen-bond acceptors (Lipinski definition) is 8. The Labute approximate surface area is 205 Å². The maximum atomic E-state index is 13.0. The van der Waals surface area contributed by atoms with Crippen LogP contribution in [0.3, 0.4) is 0 Å². The van der Waals surface area contributed by atoms with E-state index in [2.05, 4.69) is 4.72 Å². The summed E-state index contributed by atoms with van der Waals surface area (Å²) in [4.78, 5) is 0.0612. The molecular formula is C25H28N2O7S. The maximum Gasteiger partial charge on any atom is 0.262 e. The summed E-state index contributed by atoms with van der Waals surface area (Å²) in [5.74, 6) is 2.11. The van der Waals surface area contributed by atoms with E-state index >= 15 is 0 Å². The molecule has 3 aromatic carbocycles. The Morgan fingerprint density at radius 3 is 1.60 bits per heavy atom. The highest BCUT2D eigenvalue weighted by molar-refractivity contribution is 7.92. The third-order valence-corrected chi connectivity index (χ3v) is 6.47. The predicted molar refractivity (Wildman–Crippen MR) is 136 cm³/mol. The third kappa shape index (κ3) is 5.72. The van der Waals surface area contributed by atoms with E-state index in [4.69, 9.17) is 29.4 Å². The van der Waals surface area contributed by atoms with E-state index in [-0.39, 0.29) is 16.3 Å². The zero-order chi connectivity index (χ0) is 25.6. The van der Waals surface area contributed by atoms with Crippen LogP contribution in [-0.2, 0) is 10.0 Å². The summed E-state index contributed by atoms with van der Waals surface area (Å²) < 4.78 is 55.5. The molecule has 0 saturated carbocycles. The SMILES string of the molecule is COc1cc(/C=C\c2cc(OC)c(OC)c(OC)c2)cc(NS(=O)(=O)c2ccc(N)cc2)c1OC. The number of anilines is 2. The molecule has 0 fully saturated rings. The Bertz CT molecular complexity index is 1300. The normalized spacial score (nSPS) is 11.2. The van der Waals surface area contributed by atoms with E-state index in [1.807, 2.05) is 6.08 Å². The van der Waals surface area contributed by atoms with Crippen LogP contribution in [0.2, 0.25) is 0 Å². The lowest BCUT2D eigenvalue weighted by Gasteiger charge is -2.16. The number of sulfonamides is 1. The summed E-state index contributed by atoms with van der Waals surface area (Å²) in [6.45, 7) is 0. The molecule has 0 aliphatic rings. The van der Waals surface area contributed by atoms with Crippen molar-refractivity contribution in [3.8, 4) is 28.7 Å². The number of ether oxygens (including phenoxy) is 5. The van der Waals surface area contributed by atoms with Gasteiger partial charge in [0.2, 0.25) is 5.75 Å². The fraction of sp³-hybridized carbons (Fsp3) is 0.200. The molecule has 3 N–H and O–H groups in total. The average Bonchev–Trinajstić information content (AvgIpc) is 2.86. The van der Waals surface area contributed by atoms with E-state index < -0.39 is 10.0 Å². The number of methoxy groups -OCH3 is 5. The van der Waals surface area contributed by atoms with E-state index in [1.165, 1.54) is 45.6 Å². The highest BCUT2D eigenvalue weighted by Crippen LogP contribution is 2.40. The number of benzene rings is 3. The molecular weight excluding hydrogens is 472 g/mol. The first-order valence-corrected chi connectivity index (χ1v) is 11.9. The van der Waals surface area contributed by atoms with E-state index in [9.17, 15) is 8.42 Å². The van der Waals surface area contributed by atoms with Gasteiger partial charge in [-0.2, -0.15) is 0 Å². The van der Waals surface area contributed by atoms with Gasteiger partial charge in [-0.25, -0.2) is 8.42 Å². The van der Waals surface area contributed by atoms with Gasteiger partial charge < -0.3 is 29.4 Å². The molecule has 0 bridgehead atoms. The fourth-order valence-corrected chi connectivity index (χ4v) is 4.45. The first kappa shape index (κ1) is 25.6. The van der Waals surface area contributed by atoms with Crippen molar-refractivity contribution in [2.45, 2.75) is 4.90 Å². The Hall–Kier alpha value is -4.05. The maximum absolute atomic E-state index is 13.0. The highest BCUT2D eigenvalue weighted by atomic mass is 32.2. The van der Waals surface area contributed by atoms with E-state index in [0.29, 0.717) is 34.2 Å². The van der Waals surface area contributed by atoms with Gasteiger partial charge in [-0.1, -0.05) is 12.2 Å². The van der Waals surface area contributed by atoms with Crippen molar-refractivity contribution >= 4 is 33.6 Å². The minimum absolute atomic E-state index is 0.0612. The molecule has 0 aromatic heterocycles. The van der Waals surface area contributed by atoms with Gasteiger partial charge >= 0.3 is 0 Å². The first-order chi connectivity index (χ1) is 16.8. The lowest BCUT2D eigenvalue weighted by molar-refractivity contribution is 0.324. The van der Waals surface area contributed by atoms with Crippen molar-refractivity contribution in [3.05, 3.63) is 59.7 Å². The molecule has 0 aliphatic heterocycles. The topological polar surface area (TPSA) is 118 Å². The van der Waals surface area contributed by atoms with Gasteiger partial charge in [0, 0.05) is 5.69 Å². The van der Waals surface area contributed by atoms with Gasteiger partial charge in [0.05, 0.1) is 46.1 Å². The molecule has 0 spiro atoms. The second-order valence-electron chi connectivity index (χ2n) is 7.27. The number of nitrogens with two attached hydrogens (primary N) is 1. The van der Waals surface area contributed by atoms with Gasteiger partial charge in [0.1, 0.15) is 0 Å². The summed E-state index contributed by atoms with van der Waals surface area (Å²) in [7, 11) is 3.62. The summed E-state index contributed by atoms with van der Waals surface area (Å²) >= 11 is 0. The van der Waals surface area contributed by atoms with Crippen LogP contribution in [0.25, 0.3) is 12.2 Å². The second kappa shape index (κ2) is 10.9. The molecule has 35 heavy (non-hydrogen) atoms. The summed E-state index contributed by atoms with van der Waals surface area (Å²) in [6.07, 6.45) is 3.62. The predicted octanol–water partition coefficient (Wildman–Crippen LogP) is 4.28. The van der Waals surface area contributed by atoms with Crippen molar-refractivity contribution in [3.63, 3.8) is 0 Å². The standard InChI is InChI=1S/C25H28N2O7S/c1-30-21-13-16(6-7-17-14-22(31-2)25(34-5)23(15-17)32-3)12-20(24(21)33-4)27-35(28,29)19-10-8-18(26)9-11-19/h6-15,27H,26H2,1-5H3/b7-6-. The Morgan fingerprint density at radius 2 is 1.14 bits per heavy atom. The van der Waals surface area contributed by atoms with Crippen LogP contribution in [0.15, 0.2) is 53.4 Å². The average molecular weight is 501 g/mol. The van der Waals surface area contributed by atoms with Crippen molar-refractivity contribution in [1.29, 1.82) is 0 Å². The molecule has 3 aromatic rings. The zero-order valence-electron chi connectivity index (χ0n) is 20.1. The number of nitrogens with one attached hydrogen (secondary N) is 1. The van der Waals surface area contributed by atoms with Gasteiger partial charge in [-0.15, -0.1) is 0 Å². The van der Waals surface area contributed by atoms with Crippen molar-refractivity contribution in [1.82, 2.24) is 0 Å². The van der Waals surface area contributed by atoms with Crippen molar-refractivity contribution < 1.29 is 32.1 Å². The Morgan fingerprint density at radius 1 is 0.686 bits per heavy atom. The third-order valence-electron chi connectivity index (χ3n) is 5.09. The highest BCUT2D eigenvalue weighted by Gasteiger charge is 2.20. The molecule has 0 atom stereocenters. The van der Waals surface area contributed by atoms with E-state index in [1.54, 1.807) is 44.6 Å². The molecule has 186 valence electrons. The van der Waals surface area contributed by atoms with Gasteiger partial charge in [-0.05, 0) is 59.7 Å². The summed E-state index contributed by atoms with van der Waals surface area (Å²) in [5.41, 5.74) is 7.79. The van der Waals surface area contributed by atoms with Crippen LogP contribution in [0.5, 0.6) is 28.7 Å². The molecule has 0 unspecified atom stereocenters. The van der Waals surface area contributed by atoms with Crippen molar-refractivity contribution in [2.75, 3.05) is 46.0 Å². The van der Waals surface area contributed by atoms with Gasteiger partial charge in [0.15, 0.2) is 23.0 Å². The van der Waals surface area contributed by atoms with Gasteiger partial charge in [-0.3, -0.25) is 4.72 Å². The minimum atomic E-state index is -3.91. The quantitative estimate of drug-likeness (QED) is 0.313. The van der Waals surface area contributed by atoms with Gasteiger partial charge in [0.25, 0.3) is 10.0 Å². The largest absolute Gasteiger partial charge is 0.493 e. The molecule has 3 rings (SSSR count). The van der Waals surface area contributed by atoms with E-state index in [0.717, 1.165) is 5.56 Å². The molecule has 0 amide bonds. The van der Waals surface area contributed by atoms with Crippen LogP contribution in [0.4, 0.5) is 11.4 Å². The molecule has 9 nitrogen and oxygen atoms in total. The monoisotopic (exact) mass is 500 g/mol. The molecule has 10 heteroatoms. The molecule has 0 aliphatic carbocycles. The van der Waals surface area contributed by atoms with Crippen LogP contribution in [0.1, 0.15) is 11.1 Å². The smallest absolute Gasteiger partial charge is 0.262 e. The number of rotatable bonds is 10. The van der Waals surface area contributed by atoms with Crippen LogP contribution in [0, 0.1) is 0 Å². The van der Waals surface area contributed by atoms with Crippen LogP contribution in [-0.4, -0.2) is 44.0 Å². The molecule has 0 saturated heterocycles. The molecule has 0 radical (unpaired) electrons. The van der Waals surface area contributed by atoms with Crippen LogP contribution < -0.4 is 34.1 Å². The Kier molecular flexibility index (Phi) is 7.98. The minimum Gasteiger partial charge on any atom is -0.493 e. The van der Waals surface area contributed by atoms with Crippen LogP contribution >= 0.6 is 0 Å². The number of hydrogen-bond donors (Lipinski definition) is 2. The second-order valence-corrected chi connectivity index (χ2v) is 8.95. The lowest BCUT2D eigenvalue weighted by atomic mass is 10.1. The fourth-order valence-electron chi connectivity index (χ4n) is 3.40. The lowest BCUT2D eigenvalue weighted by Crippen LogP contribution is -2.14.